The maximum atomic E-state index is 12.6. The van der Waals surface area contributed by atoms with E-state index in [2.05, 4.69) is 13.8 Å². The largest absolute Gasteiger partial charge is 0.462 e. The minimum atomic E-state index is -0.758. The Morgan fingerprint density at radius 2 is 0.500 bits per heavy atom. The van der Waals surface area contributed by atoms with Crippen molar-refractivity contribution in [1.82, 2.24) is 0 Å². The Bertz CT molecular complexity index is 889. The van der Waals surface area contributed by atoms with Gasteiger partial charge in [0.15, 0.2) is 6.10 Å². The first-order valence-corrected chi connectivity index (χ1v) is 27.0. The van der Waals surface area contributed by atoms with E-state index in [1.165, 1.54) is 231 Å². The van der Waals surface area contributed by atoms with E-state index in [9.17, 15) is 14.4 Å². The van der Waals surface area contributed by atoms with Crippen LogP contribution in [0.3, 0.4) is 0 Å². The van der Waals surface area contributed by atoms with Crippen molar-refractivity contribution in [1.29, 1.82) is 0 Å². The smallest absolute Gasteiger partial charge is 0.306 e. The average Bonchev–Trinajstić information content (AvgIpc) is 3.25. The second-order valence-electron chi connectivity index (χ2n) is 18.5. The van der Waals surface area contributed by atoms with Gasteiger partial charge in [-0.2, -0.15) is 0 Å². The number of carbonyl (C=O) groups is 3. The zero-order valence-corrected chi connectivity index (χ0v) is 40.8. The fourth-order valence-electron chi connectivity index (χ4n) is 8.31. The van der Waals surface area contributed by atoms with Crippen LogP contribution in [-0.4, -0.2) is 37.2 Å². The Labute approximate surface area is 374 Å². The van der Waals surface area contributed by atoms with Crippen molar-refractivity contribution in [3.63, 3.8) is 0 Å². The van der Waals surface area contributed by atoms with E-state index in [0.717, 1.165) is 38.5 Å². The summed E-state index contributed by atoms with van der Waals surface area (Å²) in [7, 11) is 0. The van der Waals surface area contributed by atoms with Gasteiger partial charge in [-0.3, -0.25) is 14.4 Å². The van der Waals surface area contributed by atoms with Crippen molar-refractivity contribution in [2.24, 2.45) is 0 Å². The van der Waals surface area contributed by atoms with Crippen molar-refractivity contribution in [3.05, 3.63) is 0 Å². The number of carbonyl (C=O) groups excluding carboxylic acids is 3. The molecule has 0 bridgehead atoms. The topological polar surface area (TPSA) is 78.9 Å². The Balaban J connectivity index is 3.73. The van der Waals surface area contributed by atoms with Gasteiger partial charge in [0, 0.05) is 19.3 Å². The Hall–Kier alpha value is -1.59. The molecular formula is C54H104O6. The molecule has 0 aliphatic heterocycles. The van der Waals surface area contributed by atoms with E-state index in [0.29, 0.717) is 12.8 Å². The molecule has 6 heteroatoms. The summed E-state index contributed by atoms with van der Waals surface area (Å²) >= 11 is 0. The molecule has 1 unspecified atom stereocenters. The molecule has 0 fully saturated rings. The highest BCUT2D eigenvalue weighted by Gasteiger charge is 2.19. The van der Waals surface area contributed by atoms with Crippen LogP contribution in [0, 0.1) is 0 Å². The van der Waals surface area contributed by atoms with Crippen molar-refractivity contribution in [3.8, 4) is 0 Å². The Morgan fingerprint density at radius 3 is 0.750 bits per heavy atom. The summed E-state index contributed by atoms with van der Waals surface area (Å²) in [6.07, 6.45) is 56.1. The molecule has 0 spiro atoms. The van der Waals surface area contributed by atoms with Crippen LogP contribution in [0.4, 0.5) is 0 Å². The predicted octanol–water partition coefficient (Wildman–Crippen LogP) is 17.6. The molecule has 0 aliphatic carbocycles. The SMILES string of the molecule is CCCCCCCCCCCCCCCCCCCCCCCC(=O)OCC(COC(=O)CC)OC(=O)CCCCCCCCCCCCCCCCCCCCCCC. The normalized spacial score (nSPS) is 11.8. The molecule has 0 heterocycles. The van der Waals surface area contributed by atoms with Gasteiger partial charge in [-0.1, -0.05) is 278 Å². The van der Waals surface area contributed by atoms with Gasteiger partial charge < -0.3 is 14.2 Å². The molecule has 0 saturated carbocycles. The lowest BCUT2D eigenvalue weighted by molar-refractivity contribution is -0.166. The van der Waals surface area contributed by atoms with Gasteiger partial charge in [0.1, 0.15) is 13.2 Å². The fraction of sp³-hybridized carbons (Fsp3) is 0.944. The minimum Gasteiger partial charge on any atom is -0.462 e. The average molecular weight is 849 g/mol. The third kappa shape index (κ3) is 47.5. The van der Waals surface area contributed by atoms with E-state index in [1.807, 2.05) is 0 Å². The predicted molar refractivity (Wildman–Crippen MR) is 257 cm³/mol. The standard InChI is InChI=1S/C54H104O6/c1-4-7-9-11-13-15-17-19-21-23-25-27-29-31-33-35-37-39-41-43-45-47-53(56)59-50-51(49-58-52(55)6-3)60-54(57)48-46-44-42-40-38-36-34-32-30-28-26-24-22-20-18-16-14-12-10-8-5-2/h51H,4-50H2,1-3H3. The maximum absolute atomic E-state index is 12.6. The molecule has 0 aromatic rings. The minimum absolute atomic E-state index is 0.0693. The molecule has 0 amide bonds. The Kier molecular flexibility index (Phi) is 48.7. The number of ether oxygens (including phenoxy) is 3. The molecule has 0 aliphatic rings. The van der Waals surface area contributed by atoms with Crippen LogP contribution in [0.25, 0.3) is 0 Å². The highest BCUT2D eigenvalue weighted by Crippen LogP contribution is 2.18. The summed E-state index contributed by atoms with van der Waals surface area (Å²) in [6, 6.07) is 0. The zero-order chi connectivity index (χ0) is 43.7. The van der Waals surface area contributed by atoms with E-state index in [4.69, 9.17) is 14.2 Å². The zero-order valence-electron chi connectivity index (χ0n) is 40.8. The molecule has 0 N–H and O–H groups in total. The van der Waals surface area contributed by atoms with Gasteiger partial charge in [0.05, 0.1) is 0 Å². The van der Waals surface area contributed by atoms with E-state index in [-0.39, 0.29) is 37.5 Å². The third-order valence-corrected chi connectivity index (χ3v) is 12.4. The van der Waals surface area contributed by atoms with Gasteiger partial charge in [-0.25, -0.2) is 0 Å². The molecule has 1 atom stereocenters. The second kappa shape index (κ2) is 50.1. The summed E-state index contributed by atoms with van der Waals surface area (Å²) in [6.45, 7) is 6.15. The number of hydrogen-bond acceptors (Lipinski definition) is 6. The Morgan fingerprint density at radius 1 is 0.283 bits per heavy atom. The van der Waals surface area contributed by atoms with Crippen LogP contribution in [-0.2, 0) is 28.6 Å². The summed E-state index contributed by atoms with van der Waals surface area (Å²) in [5.74, 6) is -0.947. The third-order valence-electron chi connectivity index (χ3n) is 12.4. The van der Waals surface area contributed by atoms with Crippen LogP contribution >= 0.6 is 0 Å². The number of rotatable bonds is 50. The maximum Gasteiger partial charge on any atom is 0.306 e. The second-order valence-corrected chi connectivity index (χ2v) is 18.5. The number of unbranched alkanes of at least 4 members (excludes halogenated alkanes) is 40. The summed E-state index contributed by atoms with van der Waals surface area (Å²) < 4.78 is 16.3. The summed E-state index contributed by atoms with van der Waals surface area (Å²) in [4.78, 5) is 36.8. The first kappa shape index (κ1) is 58.4. The first-order valence-electron chi connectivity index (χ1n) is 27.0. The van der Waals surface area contributed by atoms with Crippen LogP contribution in [0.5, 0.6) is 0 Å². The van der Waals surface area contributed by atoms with Crippen molar-refractivity contribution < 1.29 is 28.6 Å². The van der Waals surface area contributed by atoms with Gasteiger partial charge in [0.25, 0.3) is 0 Å². The van der Waals surface area contributed by atoms with Crippen LogP contribution in [0.2, 0.25) is 0 Å². The van der Waals surface area contributed by atoms with E-state index in [1.54, 1.807) is 6.92 Å². The van der Waals surface area contributed by atoms with Crippen LogP contribution < -0.4 is 0 Å². The highest BCUT2D eigenvalue weighted by atomic mass is 16.6. The molecule has 0 saturated heterocycles. The van der Waals surface area contributed by atoms with Crippen LogP contribution in [0.1, 0.15) is 310 Å². The lowest BCUT2D eigenvalue weighted by atomic mass is 10.0. The highest BCUT2D eigenvalue weighted by molar-refractivity contribution is 5.71. The van der Waals surface area contributed by atoms with Crippen molar-refractivity contribution >= 4 is 17.9 Å². The van der Waals surface area contributed by atoms with E-state index >= 15 is 0 Å². The molecule has 0 rings (SSSR count). The van der Waals surface area contributed by atoms with Crippen molar-refractivity contribution in [2.45, 2.75) is 316 Å². The summed E-state index contributed by atoms with van der Waals surface area (Å²) in [5.41, 5.74) is 0. The molecule has 6 nitrogen and oxygen atoms in total. The fourth-order valence-corrected chi connectivity index (χ4v) is 8.31. The van der Waals surface area contributed by atoms with Gasteiger partial charge in [-0.05, 0) is 12.8 Å². The lowest BCUT2D eigenvalue weighted by Gasteiger charge is -2.18. The van der Waals surface area contributed by atoms with Gasteiger partial charge in [0.2, 0.25) is 0 Å². The van der Waals surface area contributed by atoms with Gasteiger partial charge >= 0.3 is 17.9 Å². The molecule has 0 aromatic heterocycles. The molecule has 356 valence electrons. The van der Waals surface area contributed by atoms with Crippen molar-refractivity contribution in [2.75, 3.05) is 13.2 Å². The molecule has 0 radical (unpaired) electrons. The molecule has 0 aromatic carbocycles. The molecular weight excluding hydrogens is 745 g/mol. The number of esters is 3. The van der Waals surface area contributed by atoms with Crippen LogP contribution in [0.15, 0.2) is 0 Å². The summed E-state index contributed by atoms with van der Waals surface area (Å²) in [5, 5.41) is 0. The van der Waals surface area contributed by atoms with E-state index < -0.39 is 6.10 Å². The lowest BCUT2D eigenvalue weighted by Crippen LogP contribution is -2.30. The quantitative estimate of drug-likeness (QED) is 0.0345. The monoisotopic (exact) mass is 849 g/mol. The number of hydrogen-bond donors (Lipinski definition) is 0. The first-order chi connectivity index (χ1) is 29.5. The molecule has 60 heavy (non-hydrogen) atoms. The van der Waals surface area contributed by atoms with Gasteiger partial charge in [-0.15, -0.1) is 0 Å².